The van der Waals surface area contributed by atoms with Crippen LogP contribution in [-0.2, 0) is 45.8 Å². The van der Waals surface area contributed by atoms with Crippen LogP contribution in [0.25, 0.3) is 0 Å². The van der Waals surface area contributed by atoms with Crippen molar-refractivity contribution in [2.75, 3.05) is 23.7 Å². The zero-order valence-electron chi connectivity index (χ0n) is 31.8. The summed E-state index contributed by atoms with van der Waals surface area (Å²) in [7, 11) is -4.32. The number of azo groups is 2. The van der Waals surface area contributed by atoms with Gasteiger partial charge in [-0.3, -0.25) is 0 Å². The molecule has 57 heavy (non-hydrogen) atoms. The Morgan fingerprint density at radius 3 is 1.28 bits per heavy atom. The van der Waals surface area contributed by atoms with Crippen LogP contribution in [0, 0.1) is 13.8 Å². The third kappa shape index (κ3) is 16.8. The predicted octanol–water partition coefficient (Wildman–Crippen LogP) is 8.28. The molecular formula is C39H44N8O6S4. The molecule has 0 bridgehead atoms. The van der Waals surface area contributed by atoms with E-state index in [-0.39, 0.29) is 0 Å². The monoisotopic (exact) mass is 848 g/mol. The zero-order chi connectivity index (χ0) is 41.3. The van der Waals surface area contributed by atoms with Crippen LogP contribution in [-0.4, -0.2) is 39.0 Å². The first kappa shape index (κ1) is 44.5. The van der Waals surface area contributed by atoms with Gasteiger partial charge in [0.25, 0.3) is 0 Å². The highest BCUT2D eigenvalue weighted by Crippen LogP contribution is 2.26. The van der Waals surface area contributed by atoms with Crippen molar-refractivity contribution in [2.24, 2.45) is 34.6 Å². The molecule has 0 fully saturated rings. The summed E-state index contributed by atoms with van der Waals surface area (Å²) in [6.45, 7) is 5.93. The minimum Gasteiger partial charge on any atom is -0.748 e. The van der Waals surface area contributed by atoms with Crippen molar-refractivity contribution in [1.29, 1.82) is 0 Å². The fourth-order valence-corrected chi connectivity index (χ4v) is 7.52. The smallest absolute Gasteiger partial charge is 0.408 e. The Bertz CT molecular complexity index is 2290. The summed E-state index contributed by atoms with van der Waals surface area (Å²) in [6, 6.07) is 29.0. The van der Waals surface area contributed by atoms with Crippen LogP contribution >= 0.6 is 22.7 Å². The van der Waals surface area contributed by atoms with Crippen molar-refractivity contribution >= 4 is 75.9 Å². The lowest BCUT2D eigenvalue weighted by atomic mass is 10.1. The van der Waals surface area contributed by atoms with Gasteiger partial charge in [0.2, 0.25) is 0 Å². The van der Waals surface area contributed by atoms with Gasteiger partial charge in [0, 0.05) is 35.2 Å². The van der Waals surface area contributed by atoms with Crippen LogP contribution in [0.15, 0.2) is 141 Å². The second-order valence-electron chi connectivity index (χ2n) is 12.6. The fraction of sp³-hybridized carbons (Fsp3) is 0.231. The highest BCUT2D eigenvalue weighted by Gasteiger charge is 2.09. The summed E-state index contributed by atoms with van der Waals surface area (Å²) >= 11 is 3.14. The summed E-state index contributed by atoms with van der Waals surface area (Å²) in [5, 5.41) is 30.2. The molecule has 0 saturated heterocycles. The second kappa shape index (κ2) is 21.9. The average Bonchev–Trinajstić information content (AvgIpc) is 3.77. The van der Waals surface area contributed by atoms with Crippen LogP contribution in [0.2, 0.25) is 0 Å². The molecule has 14 nitrogen and oxygen atoms in total. The zero-order valence-corrected chi connectivity index (χ0v) is 35.1. The SMILES string of the molecule is Cc1cc(N=Nc2scc[n+]2C)ccc1NCCCNc1ccc(N=Nc2scc[n+]2C)cc1C.O=S(=O)([O-])Cc1ccccc1.O=S(=O)([O-])Cc1ccccc1. The Labute approximate surface area is 341 Å². The van der Waals surface area contributed by atoms with Crippen molar-refractivity contribution in [3.8, 4) is 0 Å². The summed E-state index contributed by atoms with van der Waals surface area (Å²) < 4.78 is 65.4. The Morgan fingerprint density at radius 1 is 0.579 bits per heavy atom. The molecule has 2 N–H and O–H groups in total. The quantitative estimate of drug-likeness (QED) is 0.0473. The molecule has 4 aromatic carbocycles. The standard InChI is InChI=1S/C25H28N8S2.2C7H8O3S/c1-18-16-20(28-30-24-32(3)12-14-34-24)6-8-22(18)26-10-5-11-27-23-9-7-21(17-19(23)2)29-31-25-33(4)13-15-35-25;2*8-11(9,10)6-7-4-2-1-3-5-7/h6-9,12-17H,5,10-11H2,1-4H3;2*1-5H,6H2,(H,8,9,10). The minimum atomic E-state index is -4.13. The molecule has 0 atom stereocenters. The van der Waals surface area contributed by atoms with E-state index in [0.29, 0.717) is 11.1 Å². The van der Waals surface area contributed by atoms with Gasteiger partial charge < -0.3 is 19.7 Å². The first-order chi connectivity index (χ1) is 27.1. The maximum atomic E-state index is 10.2. The first-order valence-corrected chi connectivity index (χ1v) is 22.4. The lowest BCUT2D eigenvalue weighted by molar-refractivity contribution is -0.654. The molecule has 0 aliphatic heterocycles. The maximum Gasteiger partial charge on any atom is 0.408 e. The van der Waals surface area contributed by atoms with Gasteiger partial charge in [-0.25, -0.2) is 26.0 Å². The van der Waals surface area contributed by atoms with E-state index >= 15 is 0 Å². The van der Waals surface area contributed by atoms with Crippen molar-refractivity contribution in [1.82, 2.24) is 0 Å². The van der Waals surface area contributed by atoms with Gasteiger partial charge in [0.1, 0.15) is 23.8 Å². The Kier molecular flexibility index (Phi) is 17.1. The number of aryl methyl sites for hydroxylation is 4. The van der Waals surface area contributed by atoms with Crippen LogP contribution < -0.4 is 19.8 Å². The van der Waals surface area contributed by atoms with E-state index in [1.807, 2.05) is 58.5 Å². The maximum absolute atomic E-state index is 10.2. The van der Waals surface area contributed by atoms with Crippen LogP contribution in [0.5, 0.6) is 0 Å². The van der Waals surface area contributed by atoms with Gasteiger partial charge in [-0.1, -0.05) is 60.7 Å². The Balaban J connectivity index is 0.000000265. The van der Waals surface area contributed by atoms with E-state index in [2.05, 4.69) is 69.2 Å². The molecular weight excluding hydrogens is 805 g/mol. The third-order valence-corrected chi connectivity index (χ3v) is 10.8. The molecule has 6 rings (SSSR count). The lowest BCUT2D eigenvalue weighted by Gasteiger charge is -2.12. The summed E-state index contributed by atoms with van der Waals surface area (Å²) in [6.07, 6.45) is 4.94. The van der Waals surface area contributed by atoms with Crippen molar-refractivity contribution in [3.05, 3.63) is 142 Å². The molecule has 2 aromatic heterocycles. The number of nitrogens with zero attached hydrogens (tertiary/aromatic N) is 6. The number of aromatic nitrogens is 2. The van der Waals surface area contributed by atoms with Crippen LogP contribution in [0.4, 0.5) is 33.0 Å². The number of nitrogens with one attached hydrogen (secondary N) is 2. The number of rotatable bonds is 14. The predicted molar refractivity (Wildman–Crippen MR) is 223 cm³/mol. The summed E-state index contributed by atoms with van der Waals surface area (Å²) in [5.74, 6) is -0.846. The van der Waals surface area contributed by atoms with E-state index in [0.717, 1.165) is 63.6 Å². The van der Waals surface area contributed by atoms with E-state index in [1.165, 1.54) is 0 Å². The number of anilines is 2. The van der Waals surface area contributed by atoms with E-state index in [1.54, 1.807) is 83.3 Å². The molecule has 0 aliphatic carbocycles. The van der Waals surface area contributed by atoms with Gasteiger partial charge in [0.15, 0.2) is 0 Å². The largest absolute Gasteiger partial charge is 0.748 e. The molecule has 18 heteroatoms. The van der Waals surface area contributed by atoms with Crippen LogP contribution in [0.1, 0.15) is 28.7 Å². The number of hydrogen-bond donors (Lipinski definition) is 2. The Morgan fingerprint density at radius 2 is 0.965 bits per heavy atom. The van der Waals surface area contributed by atoms with Crippen molar-refractivity contribution in [3.63, 3.8) is 0 Å². The minimum absolute atomic E-state index is 0.423. The number of hydrogen-bond acceptors (Lipinski definition) is 14. The topological polar surface area (TPSA) is 196 Å². The van der Waals surface area contributed by atoms with Gasteiger partial charge in [-0.15, -0.1) is 0 Å². The van der Waals surface area contributed by atoms with Crippen LogP contribution in [0.3, 0.4) is 0 Å². The molecule has 0 saturated carbocycles. The molecule has 0 radical (unpaired) electrons. The molecule has 0 spiro atoms. The molecule has 300 valence electrons. The molecule has 0 aliphatic rings. The van der Waals surface area contributed by atoms with E-state index in [4.69, 9.17) is 0 Å². The summed E-state index contributed by atoms with van der Waals surface area (Å²) in [4.78, 5) is 0. The van der Waals surface area contributed by atoms with Crippen molar-refractivity contribution in [2.45, 2.75) is 31.8 Å². The highest BCUT2D eigenvalue weighted by atomic mass is 32.2. The van der Waals surface area contributed by atoms with Gasteiger partial charge in [-0.2, -0.15) is 0 Å². The van der Waals surface area contributed by atoms with Gasteiger partial charge in [0.05, 0.1) is 56.1 Å². The van der Waals surface area contributed by atoms with E-state index < -0.39 is 31.7 Å². The molecule has 6 aromatic rings. The first-order valence-electron chi connectivity index (χ1n) is 17.5. The summed E-state index contributed by atoms with van der Waals surface area (Å²) in [5.41, 5.74) is 7.32. The molecule has 0 amide bonds. The normalized spacial score (nSPS) is 11.5. The average molecular weight is 849 g/mol. The fourth-order valence-electron chi connectivity index (χ4n) is 4.96. The Hall–Kier alpha value is -5.24. The molecule has 0 unspecified atom stereocenters. The van der Waals surface area contributed by atoms with Crippen molar-refractivity contribution < 1.29 is 35.1 Å². The van der Waals surface area contributed by atoms with Gasteiger partial charge >= 0.3 is 10.3 Å². The third-order valence-electron chi connectivity index (χ3n) is 7.80. The van der Waals surface area contributed by atoms with E-state index in [9.17, 15) is 25.9 Å². The number of benzene rings is 4. The lowest BCUT2D eigenvalue weighted by Crippen LogP contribution is -2.23. The van der Waals surface area contributed by atoms with Gasteiger partial charge in [-0.05, 0) is 112 Å². The number of thiazole rings is 2. The highest BCUT2D eigenvalue weighted by molar-refractivity contribution is 7.85. The second-order valence-corrected chi connectivity index (χ2v) is 17.1. The molecule has 2 heterocycles.